The summed E-state index contributed by atoms with van der Waals surface area (Å²) in [6.07, 6.45) is 3.46. The van der Waals surface area contributed by atoms with E-state index in [0.717, 1.165) is 28.1 Å². The number of nitrogens with two attached hydrogens (primary N) is 1. The van der Waals surface area contributed by atoms with Gasteiger partial charge in [-0.25, -0.2) is 4.98 Å². The first-order valence-corrected chi connectivity index (χ1v) is 5.55. The Labute approximate surface area is 95.5 Å². The van der Waals surface area contributed by atoms with E-state index in [-0.39, 0.29) is 0 Å². The van der Waals surface area contributed by atoms with Gasteiger partial charge in [-0.1, -0.05) is 0 Å². The van der Waals surface area contributed by atoms with Gasteiger partial charge in [0.05, 0.1) is 28.5 Å². The Balaban J connectivity index is 2.27. The quantitative estimate of drug-likeness (QED) is 0.671. The fraction of sp³-hybridized carbons (Fsp3) is 0.100. The van der Waals surface area contributed by atoms with Gasteiger partial charge in [-0.15, -0.1) is 0 Å². The average Bonchev–Trinajstić information content (AvgIpc) is 2.82. The van der Waals surface area contributed by atoms with Crippen LogP contribution in [0.5, 0.6) is 0 Å². The van der Waals surface area contributed by atoms with Crippen LogP contribution in [0.2, 0.25) is 0 Å². The topological polar surface area (TPSA) is 80.5 Å². The molecule has 0 fully saturated rings. The smallest absolute Gasteiger partial charge is 0.143 e. The molecular weight excluding hydrogens is 222 g/mol. The van der Waals surface area contributed by atoms with Gasteiger partial charge in [-0.2, -0.15) is 4.37 Å². The molecule has 0 radical (unpaired) electrons. The molecule has 0 aliphatic heterocycles. The van der Waals surface area contributed by atoms with Crippen LogP contribution in [0, 0.1) is 6.92 Å². The standard InChI is InChI=1S/C10H9N5S/c1-5-8(9(11)16-15-5)10-13-6-2-3-12-4-7(6)14-10/h2-4H,11H2,1H3,(H,13,14). The highest BCUT2D eigenvalue weighted by Crippen LogP contribution is 2.31. The Bertz CT molecular complexity index is 602. The Morgan fingerprint density at radius 3 is 3.00 bits per heavy atom. The van der Waals surface area contributed by atoms with Crippen molar-refractivity contribution in [1.82, 2.24) is 19.3 Å². The third kappa shape index (κ3) is 1.27. The van der Waals surface area contributed by atoms with Gasteiger partial charge in [0.1, 0.15) is 10.8 Å². The van der Waals surface area contributed by atoms with Crippen LogP contribution in [0.15, 0.2) is 18.5 Å². The third-order valence-corrected chi connectivity index (χ3v) is 3.18. The molecule has 0 atom stereocenters. The number of nitrogens with one attached hydrogen (secondary N) is 1. The summed E-state index contributed by atoms with van der Waals surface area (Å²) in [6.45, 7) is 1.92. The van der Waals surface area contributed by atoms with Crippen molar-refractivity contribution < 1.29 is 0 Å². The molecule has 0 saturated heterocycles. The number of pyridine rings is 1. The third-order valence-electron chi connectivity index (χ3n) is 2.41. The van der Waals surface area contributed by atoms with Crippen LogP contribution in [0.1, 0.15) is 5.69 Å². The highest BCUT2D eigenvalue weighted by Gasteiger charge is 2.14. The number of H-pyrrole nitrogens is 1. The second-order valence-electron chi connectivity index (χ2n) is 3.49. The average molecular weight is 231 g/mol. The molecule has 3 heterocycles. The highest BCUT2D eigenvalue weighted by atomic mass is 32.1. The fourth-order valence-corrected chi connectivity index (χ4v) is 2.31. The molecular formula is C10H9N5S. The predicted molar refractivity (Wildman–Crippen MR) is 64.1 cm³/mol. The summed E-state index contributed by atoms with van der Waals surface area (Å²) in [6, 6.07) is 1.86. The molecule has 3 aromatic rings. The van der Waals surface area contributed by atoms with E-state index in [0.29, 0.717) is 5.00 Å². The molecule has 0 amide bonds. The number of hydrogen-bond acceptors (Lipinski definition) is 5. The van der Waals surface area contributed by atoms with Gasteiger partial charge in [0.25, 0.3) is 0 Å². The molecule has 0 unspecified atom stereocenters. The SMILES string of the molecule is Cc1nsc(N)c1-c1nc2ccncc2[nH]1. The number of nitrogens with zero attached hydrogens (tertiary/aromatic N) is 3. The maximum absolute atomic E-state index is 5.88. The second-order valence-corrected chi connectivity index (χ2v) is 4.29. The number of imidazole rings is 1. The van der Waals surface area contributed by atoms with Crippen molar-refractivity contribution in [2.75, 3.05) is 5.73 Å². The van der Waals surface area contributed by atoms with Gasteiger partial charge < -0.3 is 10.7 Å². The largest absolute Gasteiger partial charge is 0.389 e. The Morgan fingerprint density at radius 1 is 1.44 bits per heavy atom. The van der Waals surface area contributed by atoms with Gasteiger partial charge in [0.2, 0.25) is 0 Å². The second kappa shape index (κ2) is 3.28. The van der Waals surface area contributed by atoms with Crippen LogP contribution in [-0.4, -0.2) is 19.3 Å². The van der Waals surface area contributed by atoms with E-state index >= 15 is 0 Å². The maximum atomic E-state index is 5.88. The maximum Gasteiger partial charge on any atom is 0.143 e. The van der Waals surface area contributed by atoms with Crippen molar-refractivity contribution in [3.05, 3.63) is 24.2 Å². The predicted octanol–water partition coefficient (Wildman–Crippen LogP) is 1.97. The van der Waals surface area contributed by atoms with Crippen LogP contribution in [0.25, 0.3) is 22.4 Å². The van der Waals surface area contributed by atoms with E-state index in [1.807, 2.05) is 13.0 Å². The van der Waals surface area contributed by atoms with Gasteiger partial charge in [-0.3, -0.25) is 4.98 Å². The molecule has 3 aromatic heterocycles. The van der Waals surface area contributed by atoms with Gasteiger partial charge >= 0.3 is 0 Å². The Morgan fingerprint density at radius 2 is 2.31 bits per heavy atom. The van der Waals surface area contributed by atoms with Crippen LogP contribution in [0.4, 0.5) is 5.00 Å². The number of aromatic amines is 1. The lowest BCUT2D eigenvalue weighted by molar-refractivity contribution is 1.28. The minimum atomic E-state index is 0.685. The first-order valence-electron chi connectivity index (χ1n) is 4.77. The van der Waals surface area contributed by atoms with E-state index in [1.165, 1.54) is 11.5 Å². The van der Waals surface area contributed by atoms with Crippen molar-refractivity contribution in [1.29, 1.82) is 0 Å². The minimum Gasteiger partial charge on any atom is -0.389 e. The first-order chi connectivity index (χ1) is 7.75. The first kappa shape index (κ1) is 9.29. The number of aryl methyl sites for hydroxylation is 1. The molecule has 3 N–H and O–H groups in total. The Hall–Kier alpha value is -1.95. The molecule has 0 spiro atoms. The molecule has 0 bridgehead atoms. The van der Waals surface area contributed by atoms with E-state index in [1.54, 1.807) is 12.4 Å². The lowest BCUT2D eigenvalue weighted by Crippen LogP contribution is -1.87. The summed E-state index contributed by atoms with van der Waals surface area (Å²) >= 11 is 1.29. The Kier molecular flexibility index (Phi) is 1.90. The summed E-state index contributed by atoms with van der Waals surface area (Å²) in [5, 5.41) is 0.685. The molecule has 5 nitrogen and oxygen atoms in total. The van der Waals surface area contributed by atoms with Crippen LogP contribution < -0.4 is 5.73 Å². The summed E-state index contributed by atoms with van der Waals surface area (Å²) in [4.78, 5) is 11.7. The van der Waals surface area contributed by atoms with Crippen molar-refractivity contribution in [2.45, 2.75) is 6.92 Å². The van der Waals surface area contributed by atoms with Crippen molar-refractivity contribution >= 4 is 27.6 Å². The molecule has 0 saturated carbocycles. The van der Waals surface area contributed by atoms with E-state index < -0.39 is 0 Å². The van der Waals surface area contributed by atoms with Crippen LogP contribution >= 0.6 is 11.5 Å². The van der Waals surface area contributed by atoms with Crippen molar-refractivity contribution in [2.24, 2.45) is 0 Å². The van der Waals surface area contributed by atoms with E-state index in [2.05, 4.69) is 19.3 Å². The van der Waals surface area contributed by atoms with Gasteiger partial charge in [0.15, 0.2) is 0 Å². The molecule has 16 heavy (non-hydrogen) atoms. The van der Waals surface area contributed by atoms with Crippen LogP contribution in [-0.2, 0) is 0 Å². The summed E-state index contributed by atoms with van der Waals surface area (Å²) in [5.41, 5.74) is 9.45. The molecule has 6 heteroatoms. The number of anilines is 1. The molecule has 0 aliphatic rings. The summed E-state index contributed by atoms with van der Waals surface area (Å²) in [5.74, 6) is 0.756. The van der Waals surface area contributed by atoms with Crippen molar-refractivity contribution in [3.8, 4) is 11.4 Å². The van der Waals surface area contributed by atoms with Gasteiger partial charge in [-0.05, 0) is 24.5 Å². The van der Waals surface area contributed by atoms with Gasteiger partial charge in [0, 0.05) is 6.20 Å². The zero-order valence-corrected chi connectivity index (χ0v) is 9.38. The monoisotopic (exact) mass is 231 g/mol. The summed E-state index contributed by atoms with van der Waals surface area (Å²) < 4.78 is 4.20. The normalized spacial score (nSPS) is 11.1. The number of rotatable bonds is 1. The molecule has 80 valence electrons. The highest BCUT2D eigenvalue weighted by molar-refractivity contribution is 7.10. The molecule has 0 aromatic carbocycles. The number of nitrogen functional groups attached to an aromatic ring is 1. The lowest BCUT2D eigenvalue weighted by Gasteiger charge is -1.94. The number of hydrogen-bond donors (Lipinski definition) is 2. The molecule has 3 rings (SSSR count). The zero-order chi connectivity index (χ0) is 11.1. The minimum absolute atomic E-state index is 0.685. The lowest BCUT2D eigenvalue weighted by atomic mass is 10.2. The van der Waals surface area contributed by atoms with E-state index in [4.69, 9.17) is 5.73 Å². The number of fused-ring (bicyclic) bond motifs is 1. The van der Waals surface area contributed by atoms with E-state index in [9.17, 15) is 0 Å². The fourth-order valence-electron chi connectivity index (χ4n) is 1.65. The number of aromatic nitrogens is 4. The van der Waals surface area contributed by atoms with Crippen molar-refractivity contribution in [3.63, 3.8) is 0 Å². The van der Waals surface area contributed by atoms with Crippen LogP contribution in [0.3, 0.4) is 0 Å². The summed E-state index contributed by atoms with van der Waals surface area (Å²) in [7, 11) is 0. The zero-order valence-electron chi connectivity index (χ0n) is 8.56. The molecule has 0 aliphatic carbocycles.